The van der Waals surface area contributed by atoms with Crippen molar-refractivity contribution >= 4 is 11.8 Å². The fourth-order valence-electron chi connectivity index (χ4n) is 2.31. The summed E-state index contributed by atoms with van der Waals surface area (Å²) in [6.07, 6.45) is 8.23. The summed E-state index contributed by atoms with van der Waals surface area (Å²) in [5.74, 6) is 0.716. The second-order valence-corrected chi connectivity index (χ2v) is 4.13. The smallest absolute Gasteiger partial charge is 0.211 e. The summed E-state index contributed by atoms with van der Waals surface area (Å²) in [7, 11) is 0. The van der Waals surface area contributed by atoms with Gasteiger partial charge >= 0.3 is 0 Å². The van der Waals surface area contributed by atoms with Crippen molar-refractivity contribution in [3.63, 3.8) is 0 Å². The Morgan fingerprint density at radius 3 is 2.33 bits per heavy atom. The van der Waals surface area contributed by atoms with Gasteiger partial charge in [0.05, 0.1) is 5.69 Å². The lowest BCUT2D eigenvalue weighted by atomic mass is 9.84. The van der Waals surface area contributed by atoms with Gasteiger partial charge in [0.2, 0.25) is 6.08 Å². The number of aliphatic imine (C=N–C) groups is 1. The monoisotopic (exact) mass is 201 g/mol. The topological polar surface area (TPSA) is 29.4 Å². The second-order valence-electron chi connectivity index (χ2n) is 4.13. The summed E-state index contributed by atoms with van der Waals surface area (Å²) in [4.78, 5) is 13.7. The zero-order valence-corrected chi connectivity index (χ0v) is 8.78. The van der Waals surface area contributed by atoms with Gasteiger partial charge in [-0.15, -0.1) is 0 Å². The molecule has 0 heterocycles. The van der Waals surface area contributed by atoms with Crippen molar-refractivity contribution in [3.05, 3.63) is 29.8 Å². The van der Waals surface area contributed by atoms with Gasteiger partial charge in [-0.05, 0) is 36.5 Å². The van der Waals surface area contributed by atoms with E-state index in [1.165, 1.54) is 37.7 Å². The van der Waals surface area contributed by atoms with E-state index in [1.54, 1.807) is 6.08 Å². The molecule has 1 aromatic rings. The minimum atomic E-state index is 0.699. The van der Waals surface area contributed by atoms with Gasteiger partial charge in [-0.2, -0.15) is 4.99 Å². The highest BCUT2D eigenvalue weighted by Gasteiger charge is 2.14. The molecule has 15 heavy (non-hydrogen) atoms. The number of hydrogen-bond acceptors (Lipinski definition) is 2. The maximum absolute atomic E-state index is 10.1. The molecule has 0 saturated heterocycles. The first-order valence-electron chi connectivity index (χ1n) is 5.58. The van der Waals surface area contributed by atoms with Crippen LogP contribution in [0.2, 0.25) is 0 Å². The minimum Gasteiger partial charge on any atom is -0.211 e. The average molecular weight is 201 g/mol. The predicted octanol–water partition coefficient (Wildman–Crippen LogP) is 3.70. The zero-order valence-electron chi connectivity index (χ0n) is 8.78. The van der Waals surface area contributed by atoms with Crippen molar-refractivity contribution in [2.24, 2.45) is 4.99 Å². The molecule has 1 aromatic carbocycles. The summed E-state index contributed by atoms with van der Waals surface area (Å²) >= 11 is 0. The molecule has 2 nitrogen and oxygen atoms in total. The molecule has 2 heteroatoms. The largest absolute Gasteiger partial charge is 0.240 e. The molecule has 0 aromatic heterocycles. The Morgan fingerprint density at radius 1 is 1.07 bits per heavy atom. The van der Waals surface area contributed by atoms with Crippen LogP contribution < -0.4 is 0 Å². The lowest BCUT2D eigenvalue weighted by Crippen LogP contribution is -2.03. The number of isocyanates is 1. The Labute approximate surface area is 90.0 Å². The van der Waals surface area contributed by atoms with Crippen LogP contribution in [-0.2, 0) is 4.79 Å². The Morgan fingerprint density at radius 2 is 1.73 bits per heavy atom. The Hall–Kier alpha value is -1.40. The van der Waals surface area contributed by atoms with E-state index in [4.69, 9.17) is 0 Å². The molecule has 2 rings (SSSR count). The first kappa shape index (κ1) is 10.1. The fourth-order valence-corrected chi connectivity index (χ4v) is 2.31. The van der Waals surface area contributed by atoms with Crippen LogP contribution in [0.15, 0.2) is 29.3 Å². The zero-order chi connectivity index (χ0) is 10.5. The van der Waals surface area contributed by atoms with Gasteiger partial charge in [0, 0.05) is 0 Å². The third kappa shape index (κ3) is 2.54. The first-order chi connectivity index (χ1) is 7.40. The molecule has 1 saturated carbocycles. The van der Waals surface area contributed by atoms with E-state index in [-0.39, 0.29) is 0 Å². The highest BCUT2D eigenvalue weighted by Crippen LogP contribution is 2.33. The van der Waals surface area contributed by atoms with Gasteiger partial charge in [-0.3, -0.25) is 0 Å². The molecule has 0 amide bonds. The van der Waals surface area contributed by atoms with Crippen LogP contribution in [0.5, 0.6) is 0 Å². The Kier molecular flexibility index (Phi) is 3.31. The maximum atomic E-state index is 10.1. The minimum absolute atomic E-state index is 0.699. The SMILES string of the molecule is O=C=Nc1ccc(C2CCCCC2)cc1. The number of rotatable bonds is 2. The number of nitrogens with zero attached hydrogens (tertiary/aromatic N) is 1. The van der Waals surface area contributed by atoms with Crippen molar-refractivity contribution in [2.75, 3.05) is 0 Å². The molecule has 0 spiro atoms. The summed E-state index contributed by atoms with van der Waals surface area (Å²) in [5, 5.41) is 0. The molecular weight excluding hydrogens is 186 g/mol. The molecule has 1 fully saturated rings. The summed E-state index contributed by atoms with van der Waals surface area (Å²) in [6, 6.07) is 7.97. The van der Waals surface area contributed by atoms with Crippen LogP contribution in [0, 0.1) is 0 Å². The van der Waals surface area contributed by atoms with Crippen LogP contribution in [0.1, 0.15) is 43.6 Å². The standard InChI is InChI=1S/C13H15NO/c15-10-14-13-8-6-12(7-9-13)11-4-2-1-3-5-11/h6-9,11H,1-5H2. The van der Waals surface area contributed by atoms with E-state index < -0.39 is 0 Å². The number of hydrogen-bond donors (Lipinski definition) is 0. The molecule has 0 radical (unpaired) electrons. The third-order valence-corrected chi connectivity index (χ3v) is 3.14. The van der Waals surface area contributed by atoms with Gasteiger partial charge in [0.1, 0.15) is 0 Å². The summed E-state index contributed by atoms with van der Waals surface area (Å²) in [6.45, 7) is 0. The van der Waals surface area contributed by atoms with E-state index in [9.17, 15) is 4.79 Å². The van der Waals surface area contributed by atoms with Crippen molar-refractivity contribution in [2.45, 2.75) is 38.0 Å². The molecule has 1 aliphatic carbocycles. The molecule has 0 unspecified atom stereocenters. The highest BCUT2D eigenvalue weighted by atomic mass is 16.1. The highest BCUT2D eigenvalue weighted by molar-refractivity contribution is 5.49. The lowest BCUT2D eigenvalue weighted by Gasteiger charge is -2.21. The van der Waals surface area contributed by atoms with Gasteiger partial charge in [0.25, 0.3) is 0 Å². The molecule has 78 valence electrons. The second kappa shape index (κ2) is 4.90. The van der Waals surface area contributed by atoms with E-state index in [0.29, 0.717) is 11.6 Å². The molecule has 1 aliphatic rings. The normalized spacial score (nSPS) is 17.1. The van der Waals surface area contributed by atoms with E-state index in [1.807, 2.05) is 12.1 Å². The lowest BCUT2D eigenvalue weighted by molar-refractivity contribution is 0.443. The Bertz CT molecular complexity index is 357. The van der Waals surface area contributed by atoms with Gasteiger partial charge < -0.3 is 0 Å². The molecular formula is C13H15NO. The van der Waals surface area contributed by atoms with E-state index in [2.05, 4.69) is 17.1 Å². The van der Waals surface area contributed by atoms with E-state index >= 15 is 0 Å². The fraction of sp³-hybridized carbons (Fsp3) is 0.462. The molecule has 0 N–H and O–H groups in total. The van der Waals surface area contributed by atoms with Crippen molar-refractivity contribution in [3.8, 4) is 0 Å². The molecule has 0 aliphatic heterocycles. The van der Waals surface area contributed by atoms with Crippen LogP contribution in [0.25, 0.3) is 0 Å². The van der Waals surface area contributed by atoms with Crippen molar-refractivity contribution < 1.29 is 4.79 Å². The summed E-state index contributed by atoms with van der Waals surface area (Å²) < 4.78 is 0. The molecule has 0 atom stereocenters. The quantitative estimate of drug-likeness (QED) is 0.530. The third-order valence-electron chi connectivity index (χ3n) is 3.14. The van der Waals surface area contributed by atoms with Crippen LogP contribution in [0.3, 0.4) is 0 Å². The van der Waals surface area contributed by atoms with Crippen molar-refractivity contribution in [1.29, 1.82) is 0 Å². The van der Waals surface area contributed by atoms with Crippen LogP contribution >= 0.6 is 0 Å². The van der Waals surface area contributed by atoms with Gasteiger partial charge in [0.15, 0.2) is 0 Å². The van der Waals surface area contributed by atoms with Crippen molar-refractivity contribution in [1.82, 2.24) is 0 Å². The van der Waals surface area contributed by atoms with Gasteiger partial charge in [-0.1, -0.05) is 31.4 Å². The van der Waals surface area contributed by atoms with Crippen LogP contribution in [0.4, 0.5) is 5.69 Å². The Balaban J connectivity index is 2.11. The first-order valence-corrected chi connectivity index (χ1v) is 5.58. The van der Waals surface area contributed by atoms with E-state index in [0.717, 1.165) is 0 Å². The van der Waals surface area contributed by atoms with Crippen LogP contribution in [-0.4, -0.2) is 6.08 Å². The predicted molar refractivity (Wildman–Crippen MR) is 60.0 cm³/mol. The average Bonchev–Trinajstić information content (AvgIpc) is 2.32. The number of benzene rings is 1. The maximum Gasteiger partial charge on any atom is 0.240 e. The number of carbonyl (C=O) groups excluding carboxylic acids is 1. The molecule has 0 bridgehead atoms. The van der Waals surface area contributed by atoms with Gasteiger partial charge in [-0.25, -0.2) is 4.79 Å². The summed E-state index contributed by atoms with van der Waals surface area (Å²) in [5.41, 5.74) is 2.09.